The molecule has 0 atom stereocenters. The number of alkyl halides is 2. The molecule has 0 aromatic carbocycles. The van der Waals surface area contributed by atoms with Crippen LogP contribution in [0.3, 0.4) is 0 Å². The molecule has 0 aliphatic rings. The molecule has 0 fully saturated rings. The van der Waals surface area contributed by atoms with Gasteiger partial charge in [-0.25, -0.2) is 0 Å². The molecular weight excluding hydrogens is 198 g/mol. The van der Waals surface area contributed by atoms with E-state index < -0.39 is 9.33 Å². The van der Waals surface area contributed by atoms with E-state index in [9.17, 15) is 0 Å². The van der Waals surface area contributed by atoms with Gasteiger partial charge in [0.25, 0.3) is 0 Å². The molecule has 0 unspecified atom stereocenters. The molecule has 0 saturated carbocycles. The third-order valence-electron chi connectivity index (χ3n) is 0. The van der Waals surface area contributed by atoms with Crippen LogP contribution < -0.4 is 0 Å². The highest BCUT2D eigenvalue weighted by Crippen LogP contribution is 1.82. The van der Waals surface area contributed by atoms with Gasteiger partial charge in [0.05, 0.1) is 5.34 Å². The van der Waals surface area contributed by atoms with E-state index in [1.54, 1.807) is 0 Å². The van der Waals surface area contributed by atoms with Crippen LogP contribution in [0.15, 0.2) is 0 Å². The molecule has 52 valence electrons. The van der Waals surface area contributed by atoms with Crippen molar-refractivity contribution in [3.63, 3.8) is 0 Å². The summed E-state index contributed by atoms with van der Waals surface area (Å²) in [6, 6.07) is 0. The maximum Gasteiger partial charge on any atom is 0.353 e. The molecule has 0 radical (unpaired) electrons. The van der Waals surface area contributed by atoms with Gasteiger partial charge in [-0.05, 0) is 0 Å². The molecule has 0 aromatic rings. The van der Waals surface area contributed by atoms with Crippen molar-refractivity contribution in [1.82, 2.24) is 0 Å². The average molecular weight is 201 g/mol. The zero-order valence-electron chi connectivity index (χ0n) is 3.51. The lowest BCUT2D eigenvalue weighted by molar-refractivity contribution is 0.501. The second-order valence-electron chi connectivity index (χ2n) is 0.513. The Morgan fingerprint density at radius 1 is 1.38 bits per heavy atom. The van der Waals surface area contributed by atoms with Gasteiger partial charge in [-0.3, -0.25) is 4.55 Å². The molecule has 0 bridgehead atoms. The topological polar surface area (TPSA) is 54.4 Å². The van der Waals surface area contributed by atoms with Gasteiger partial charge in [0, 0.05) is 10.7 Å². The second kappa shape index (κ2) is 5.91. The van der Waals surface area contributed by atoms with E-state index >= 15 is 0 Å². The number of hydrogen-bond donors (Lipinski definition) is 1. The average Bonchev–Trinajstić information content (AvgIpc) is 1.27. The third-order valence-corrected chi connectivity index (χ3v) is 0. The molecule has 0 aliphatic carbocycles. The molecule has 0 heterocycles. The van der Waals surface area contributed by atoms with Crippen LogP contribution >= 0.6 is 33.9 Å². The zero-order valence-corrected chi connectivity index (χ0v) is 6.60. The van der Waals surface area contributed by atoms with Crippen LogP contribution in [0.4, 0.5) is 0 Å². The molecule has 0 aromatic heterocycles. The fraction of sp³-hybridized carbons (Fsp3) is 1.00. The number of hydrogen-bond acceptors (Lipinski definition) is 2. The quantitative estimate of drug-likeness (QED) is 0.367. The summed E-state index contributed by atoms with van der Waals surface area (Å²) in [6.07, 6.45) is 0. The van der Waals surface area contributed by atoms with E-state index in [1.165, 1.54) is 0 Å². The minimum atomic E-state index is -4.19. The first-order chi connectivity index (χ1) is 3.41. The van der Waals surface area contributed by atoms with Gasteiger partial charge >= 0.3 is 9.33 Å². The minimum absolute atomic E-state index is 0.194. The molecule has 1 N–H and O–H groups in total. The van der Waals surface area contributed by atoms with Crippen molar-refractivity contribution in [2.24, 2.45) is 0 Å². The first-order valence-corrected chi connectivity index (χ1v) is 4.54. The summed E-state index contributed by atoms with van der Waals surface area (Å²) in [5, 5.41) is 0.194. The maximum atomic E-state index is 8.95. The molecule has 0 amide bonds. The highest BCUT2D eigenvalue weighted by Gasteiger charge is 1.86. The van der Waals surface area contributed by atoms with E-state index in [0.29, 0.717) is 0 Å². The van der Waals surface area contributed by atoms with E-state index in [2.05, 4.69) is 10.7 Å². The van der Waals surface area contributed by atoms with Gasteiger partial charge in [-0.1, -0.05) is 0 Å². The van der Waals surface area contributed by atoms with Crippen LogP contribution in [0.5, 0.6) is 0 Å². The summed E-state index contributed by atoms with van der Waals surface area (Å²) in [4.78, 5) is 0. The summed E-state index contributed by atoms with van der Waals surface area (Å²) in [5.41, 5.74) is 0. The molecule has 0 rings (SSSR count). The number of halogens is 3. The lowest BCUT2D eigenvalue weighted by Crippen LogP contribution is -1.77. The van der Waals surface area contributed by atoms with Crippen LogP contribution in [-0.2, 0) is 9.33 Å². The SMILES string of the molecule is ClCCl.O=S(=O)(O)Cl. The molecule has 0 spiro atoms. The monoisotopic (exact) mass is 200 g/mol. The Bertz CT molecular complexity index is 108. The normalized spacial score (nSPS) is 9.50. The molecule has 3 nitrogen and oxygen atoms in total. The fourth-order valence-corrected chi connectivity index (χ4v) is 0. The van der Waals surface area contributed by atoms with E-state index in [-0.39, 0.29) is 5.34 Å². The molecule has 0 aliphatic heterocycles. The van der Waals surface area contributed by atoms with Crippen LogP contribution in [-0.4, -0.2) is 18.3 Å². The largest absolute Gasteiger partial charge is 0.353 e. The number of rotatable bonds is 0. The van der Waals surface area contributed by atoms with Gasteiger partial charge < -0.3 is 0 Å². The van der Waals surface area contributed by atoms with Crippen LogP contribution in [0.1, 0.15) is 0 Å². The molecule has 0 saturated heterocycles. The van der Waals surface area contributed by atoms with Crippen molar-refractivity contribution < 1.29 is 13.0 Å². The predicted octanol–water partition coefficient (Wildman–Crippen LogP) is 1.45. The maximum absolute atomic E-state index is 8.95. The van der Waals surface area contributed by atoms with E-state index in [4.69, 9.17) is 36.2 Å². The molecule has 8 heavy (non-hydrogen) atoms. The minimum Gasteiger partial charge on any atom is -0.273 e. The Kier molecular flexibility index (Phi) is 8.54. The standard InChI is InChI=1S/CH2Cl2.ClHO3S/c2-1-3;1-5(2,3)4/h1H2;(H,2,3,4). The third kappa shape index (κ3) is 372. The van der Waals surface area contributed by atoms with Crippen molar-refractivity contribution in [3.8, 4) is 0 Å². The summed E-state index contributed by atoms with van der Waals surface area (Å²) in [5.74, 6) is 0. The van der Waals surface area contributed by atoms with Crippen molar-refractivity contribution in [3.05, 3.63) is 0 Å². The lowest BCUT2D eigenvalue weighted by Gasteiger charge is -1.65. The Labute approximate surface area is 61.8 Å². The van der Waals surface area contributed by atoms with Gasteiger partial charge in [0.15, 0.2) is 0 Å². The van der Waals surface area contributed by atoms with Gasteiger partial charge in [-0.15, -0.1) is 23.2 Å². The van der Waals surface area contributed by atoms with E-state index in [0.717, 1.165) is 0 Å². The van der Waals surface area contributed by atoms with Crippen molar-refractivity contribution in [2.75, 3.05) is 5.34 Å². The zero-order chi connectivity index (χ0) is 7.21. The Balaban J connectivity index is 0. The highest BCUT2D eigenvalue weighted by molar-refractivity contribution is 8.09. The highest BCUT2D eigenvalue weighted by atomic mass is 35.7. The Morgan fingerprint density at radius 3 is 1.38 bits per heavy atom. The Morgan fingerprint density at radius 2 is 1.38 bits per heavy atom. The Hall–Kier alpha value is 0.780. The van der Waals surface area contributed by atoms with E-state index in [1.807, 2.05) is 0 Å². The van der Waals surface area contributed by atoms with Gasteiger partial charge in [0.2, 0.25) is 0 Å². The summed E-state index contributed by atoms with van der Waals surface area (Å²) in [6.45, 7) is 0. The summed E-state index contributed by atoms with van der Waals surface area (Å²) < 4.78 is 25.2. The first-order valence-electron chi connectivity index (χ1n) is 1.20. The van der Waals surface area contributed by atoms with Crippen LogP contribution in [0.25, 0.3) is 0 Å². The van der Waals surface area contributed by atoms with Crippen molar-refractivity contribution in [2.45, 2.75) is 0 Å². The first kappa shape index (κ1) is 11.6. The van der Waals surface area contributed by atoms with Crippen molar-refractivity contribution in [1.29, 1.82) is 0 Å². The molecular formula is CH3Cl3O3S. The molecule has 7 heteroatoms. The van der Waals surface area contributed by atoms with Gasteiger partial charge in [0.1, 0.15) is 0 Å². The fourth-order valence-electron chi connectivity index (χ4n) is 0. The summed E-state index contributed by atoms with van der Waals surface area (Å²) >= 11 is 9.53. The van der Waals surface area contributed by atoms with Crippen molar-refractivity contribution >= 4 is 43.2 Å². The predicted molar refractivity (Wildman–Crippen MR) is 34.0 cm³/mol. The van der Waals surface area contributed by atoms with Crippen LogP contribution in [0.2, 0.25) is 0 Å². The second-order valence-corrected chi connectivity index (χ2v) is 3.32. The van der Waals surface area contributed by atoms with Crippen LogP contribution in [0, 0.1) is 0 Å². The smallest absolute Gasteiger partial charge is 0.273 e. The lowest BCUT2D eigenvalue weighted by atomic mass is 11.9. The summed E-state index contributed by atoms with van der Waals surface area (Å²) in [7, 11) is -0.137. The van der Waals surface area contributed by atoms with Gasteiger partial charge in [-0.2, -0.15) is 8.42 Å².